The van der Waals surface area contributed by atoms with Crippen molar-refractivity contribution in [3.63, 3.8) is 0 Å². The normalized spacial score (nSPS) is 8.60. The number of benzene rings is 1. The van der Waals surface area contributed by atoms with Crippen LogP contribution in [0.2, 0.25) is 5.02 Å². The van der Waals surface area contributed by atoms with Crippen molar-refractivity contribution in [2.75, 3.05) is 0 Å². The second-order valence-electron chi connectivity index (χ2n) is 1.95. The fraction of sp³-hybridized carbons (Fsp3) is 0.143. The molecule has 0 spiro atoms. The molecule has 0 heterocycles. The quantitative estimate of drug-likeness (QED) is 0.514. The summed E-state index contributed by atoms with van der Waals surface area (Å²) in [7, 11) is 0. The van der Waals surface area contributed by atoms with E-state index < -0.39 is 0 Å². The van der Waals surface area contributed by atoms with Crippen molar-refractivity contribution in [3.05, 3.63) is 28.8 Å². The third-order valence-electron chi connectivity index (χ3n) is 1.10. The summed E-state index contributed by atoms with van der Waals surface area (Å²) >= 11 is 5.53. The van der Waals surface area contributed by atoms with Gasteiger partial charge in [0.25, 0.3) is 0 Å². The number of rotatable bonds is 0. The van der Waals surface area contributed by atoms with Crippen molar-refractivity contribution in [1.82, 2.24) is 0 Å². The molecule has 0 aliphatic rings. The summed E-state index contributed by atoms with van der Waals surface area (Å²) in [5, 5.41) is 9.37. The Morgan fingerprint density at radius 2 is 2.10 bits per heavy atom. The number of phenolic OH excluding ortho intramolecular Hbond substituents is 1. The van der Waals surface area contributed by atoms with E-state index in [-0.39, 0.29) is 36.7 Å². The van der Waals surface area contributed by atoms with Gasteiger partial charge in [0, 0.05) is 0 Å². The van der Waals surface area contributed by atoms with Gasteiger partial charge in [-0.05, 0) is 24.6 Å². The second-order valence-corrected chi connectivity index (χ2v) is 2.36. The Bertz CT molecular complexity index is 230. The molecular formula is C7H8ClNaO. The molecule has 0 atom stereocenters. The number of halogens is 1. The maximum absolute atomic E-state index is 8.97. The number of aryl methyl sites for hydroxylation is 1. The fourth-order valence-electron chi connectivity index (χ4n) is 0.623. The van der Waals surface area contributed by atoms with Gasteiger partial charge in [-0.1, -0.05) is 17.7 Å². The van der Waals surface area contributed by atoms with Crippen LogP contribution >= 0.6 is 11.6 Å². The van der Waals surface area contributed by atoms with Gasteiger partial charge >= 0.3 is 29.6 Å². The zero-order valence-corrected chi connectivity index (χ0v) is 8.81. The molecule has 0 saturated carbocycles. The SMILES string of the molecule is Cc1ccc(Cl)c(O)c1.[H-].[Na+]. The summed E-state index contributed by atoms with van der Waals surface area (Å²) in [6, 6.07) is 5.15. The molecule has 1 N–H and O–H groups in total. The van der Waals surface area contributed by atoms with Crippen LogP contribution in [0.15, 0.2) is 18.2 Å². The molecule has 3 heteroatoms. The Balaban J connectivity index is 0. The maximum atomic E-state index is 8.97. The van der Waals surface area contributed by atoms with E-state index >= 15 is 0 Å². The van der Waals surface area contributed by atoms with Crippen LogP contribution in [0.3, 0.4) is 0 Å². The van der Waals surface area contributed by atoms with E-state index in [1.165, 1.54) is 0 Å². The standard InChI is InChI=1S/C7H7ClO.Na.H/c1-5-2-3-6(8)7(9)4-5;;/h2-4,9H,1H3;;/q;+1;-1. The van der Waals surface area contributed by atoms with Crippen LogP contribution in [0, 0.1) is 6.92 Å². The van der Waals surface area contributed by atoms with E-state index in [9.17, 15) is 0 Å². The summed E-state index contributed by atoms with van der Waals surface area (Å²) in [5.74, 6) is 0.150. The average Bonchev–Trinajstić information content (AvgIpc) is 1.80. The first-order chi connectivity index (χ1) is 4.20. The molecule has 0 amide bonds. The molecule has 0 fully saturated rings. The molecule has 0 saturated heterocycles. The van der Waals surface area contributed by atoms with Crippen LogP contribution in [0.5, 0.6) is 5.75 Å². The smallest absolute Gasteiger partial charge is 1.00 e. The first kappa shape index (κ1) is 10.3. The Morgan fingerprint density at radius 3 is 2.50 bits per heavy atom. The van der Waals surface area contributed by atoms with Gasteiger partial charge in [0.05, 0.1) is 5.02 Å². The minimum Gasteiger partial charge on any atom is -1.00 e. The predicted octanol–water partition coefficient (Wildman–Crippen LogP) is -0.529. The molecule has 0 radical (unpaired) electrons. The van der Waals surface area contributed by atoms with Gasteiger partial charge < -0.3 is 6.53 Å². The van der Waals surface area contributed by atoms with E-state index in [0.717, 1.165) is 5.56 Å². The van der Waals surface area contributed by atoms with Crippen molar-refractivity contribution >= 4 is 11.6 Å². The maximum Gasteiger partial charge on any atom is 1.00 e. The van der Waals surface area contributed by atoms with Crippen LogP contribution in [0.1, 0.15) is 6.99 Å². The summed E-state index contributed by atoms with van der Waals surface area (Å²) in [6.07, 6.45) is 0. The zero-order chi connectivity index (χ0) is 6.85. The van der Waals surface area contributed by atoms with E-state index in [1.807, 2.05) is 13.0 Å². The minimum absolute atomic E-state index is 0. The summed E-state index contributed by atoms with van der Waals surface area (Å²) in [5.41, 5.74) is 1.01. The summed E-state index contributed by atoms with van der Waals surface area (Å²) < 4.78 is 0. The van der Waals surface area contributed by atoms with Crippen molar-refractivity contribution in [2.45, 2.75) is 6.92 Å². The minimum atomic E-state index is 0. The van der Waals surface area contributed by atoms with E-state index in [1.54, 1.807) is 12.1 Å². The zero-order valence-electron chi connectivity index (χ0n) is 7.06. The molecule has 10 heavy (non-hydrogen) atoms. The summed E-state index contributed by atoms with van der Waals surface area (Å²) in [6.45, 7) is 1.90. The largest absolute Gasteiger partial charge is 1.00 e. The van der Waals surface area contributed by atoms with Crippen LogP contribution in [-0.4, -0.2) is 5.11 Å². The van der Waals surface area contributed by atoms with Crippen LogP contribution in [0.25, 0.3) is 0 Å². The van der Waals surface area contributed by atoms with Gasteiger partial charge in [-0.2, -0.15) is 0 Å². The fourth-order valence-corrected chi connectivity index (χ4v) is 0.740. The van der Waals surface area contributed by atoms with E-state index in [4.69, 9.17) is 16.7 Å². The third-order valence-corrected chi connectivity index (χ3v) is 1.42. The first-order valence-corrected chi connectivity index (χ1v) is 3.03. The van der Waals surface area contributed by atoms with Crippen molar-refractivity contribution < 1.29 is 36.1 Å². The molecule has 0 unspecified atom stereocenters. The van der Waals surface area contributed by atoms with Gasteiger partial charge in [0.1, 0.15) is 5.75 Å². The van der Waals surface area contributed by atoms with Gasteiger partial charge in [0.2, 0.25) is 0 Å². The van der Waals surface area contributed by atoms with Crippen molar-refractivity contribution in [3.8, 4) is 5.75 Å². The van der Waals surface area contributed by atoms with E-state index in [2.05, 4.69) is 0 Å². The molecule has 0 aliphatic carbocycles. The average molecular weight is 167 g/mol. The number of hydrogen-bond acceptors (Lipinski definition) is 1. The molecule has 1 rings (SSSR count). The monoisotopic (exact) mass is 166 g/mol. The molecule has 1 aromatic rings. The van der Waals surface area contributed by atoms with Crippen LogP contribution in [0.4, 0.5) is 0 Å². The second kappa shape index (κ2) is 4.24. The molecule has 1 aromatic carbocycles. The molecule has 1 nitrogen and oxygen atoms in total. The van der Waals surface area contributed by atoms with Gasteiger partial charge in [-0.3, -0.25) is 0 Å². The molecular weight excluding hydrogens is 159 g/mol. The molecule has 0 aliphatic heterocycles. The van der Waals surface area contributed by atoms with E-state index in [0.29, 0.717) is 5.02 Å². The molecule has 0 aromatic heterocycles. The van der Waals surface area contributed by atoms with Crippen LogP contribution in [-0.2, 0) is 0 Å². The Morgan fingerprint density at radius 1 is 1.50 bits per heavy atom. The topological polar surface area (TPSA) is 20.2 Å². The Labute approximate surface area is 88.8 Å². The predicted molar refractivity (Wildman–Crippen MR) is 39.0 cm³/mol. The molecule has 50 valence electrons. The van der Waals surface area contributed by atoms with Crippen molar-refractivity contribution in [2.24, 2.45) is 0 Å². The van der Waals surface area contributed by atoms with Crippen LogP contribution < -0.4 is 29.6 Å². The Hall–Kier alpha value is 0.310. The van der Waals surface area contributed by atoms with Gasteiger partial charge in [0.15, 0.2) is 0 Å². The number of phenols is 1. The van der Waals surface area contributed by atoms with Gasteiger partial charge in [-0.15, -0.1) is 0 Å². The van der Waals surface area contributed by atoms with Crippen molar-refractivity contribution in [1.29, 1.82) is 0 Å². The molecule has 0 bridgehead atoms. The number of aromatic hydroxyl groups is 1. The van der Waals surface area contributed by atoms with Gasteiger partial charge in [-0.25, -0.2) is 0 Å². The Kier molecular flexibility index (Phi) is 4.37. The number of hydrogen-bond donors (Lipinski definition) is 1. The third kappa shape index (κ3) is 2.51. The first-order valence-electron chi connectivity index (χ1n) is 2.65. The summed E-state index contributed by atoms with van der Waals surface area (Å²) in [4.78, 5) is 0.